The van der Waals surface area contributed by atoms with Crippen molar-refractivity contribution in [2.45, 2.75) is 13.0 Å². The van der Waals surface area contributed by atoms with Gasteiger partial charge in [0.15, 0.2) is 5.65 Å². The molecule has 5 heteroatoms. The van der Waals surface area contributed by atoms with Crippen molar-refractivity contribution in [3.63, 3.8) is 0 Å². The van der Waals surface area contributed by atoms with Crippen LogP contribution in [0.4, 0.5) is 0 Å². The van der Waals surface area contributed by atoms with Crippen molar-refractivity contribution in [2.75, 3.05) is 6.54 Å². The van der Waals surface area contributed by atoms with Crippen LogP contribution in [-0.4, -0.2) is 20.7 Å². The van der Waals surface area contributed by atoms with Crippen molar-refractivity contribution in [2.24, 2.45) is 12.8 Å². The molecule has 2 rings (SSSR count). The molecule has 0 bridgehead atoms. The Hall–Kier alpha value is -1.62. The summed E-state index contributed by atoms with van der Waals surface area (Å²) in [4.78, 5) is 16.0. The fourth-order valence-electron chi connectivity index (χ4n) is 1.70. The number of aromatic nitrogens is 3. The highest BCUT2D eigenvalue weighted by Gasteiger charge is 2.09. The van der Waals surface area contributed by atoms with Gasteiger partial charge in [0.1, 0.15) is 0 Å². The van der Waals surface area contributed by atoms with E-state index < -0.39 is 0 Å². The van der Waals surface area contributed by atoms with Gasteiger partial charge in [-0.15, -0.1) is 0 Å². The molecule has 0 aliphatic rings. The third-order valence-corrected chi connectivity index (χ3v) is 2.48. The number of imidazole rings is 1. The van der Waals surface area contributed by atoms with Crippen molar-refractivity contribution >= 4 is 11.2 Å². The first-order valence-corrected chi connectivity index (χ1v) is 4.96. The van der Waals surface area contributed by atoms with E-state index in [4.69, 9.17) is 5.73 Å². The van der Waals surface area contributed by atoms with E-state index in [-0.39, 0.29) is 5.69 Å². The van der Waals surface area contributed by atoms with E-state index in [1.807, 2.05) is 12.1 Å². The van der Waals surface area contributed by atoms with Crippen LogP contribution in [0.5, 0.6) is 0 Å². The van der Waals surface area contributed by atoms with Crippen LogP contribution >= 0.6 is 0 Å². The Kier molecular flexibility index (Phi) is 2.55. The Balaban J connectivity index is 2.62. The third kappa shape index (κ3) is 1.55. The first-order chi connectivity index (χ1) is 7.25. The van der Waals surface area contributed by atoms with Gasteiger partial charge in [-0.05, 0) is 25.1 Å². The van der Waals surface area contributed by atoms with Crippen LogP contribution in [0.15, 0.2) is 23.1 Å². The van der Waals surface area contributed by atoms with E-state index in [2.05, 4.69) is 4.98 Å². The lowest BCUT2D eigenvalue weighted by molar-refractivity contribution is 0.630. The second-order valence-corrected chi connectivity index (χ2v) is 3.48. The van der Waals surface area contributed by atoms with Crippen LogP contribution < -0.4 is 11.4 Å². The summed E-state index contributed by atoms with van der Waals surface area (Å²) in [5, 5.41) is 0. The lowest BCUT2D eigenvalue weighted by atomic mass is 10.4. The number of nitrogens with two attached hydrogens (primary N) is 1. The topological polar surface area (TPSA) is 65.8 Å². The zero-order chi connectivity index (χ0) is 10.8. The van der Waals surface area contributed by atoms with Crippen molar-refractivity contribution < 1.29 is 0 Å². The van der Waals surface area contributed by atoms with Crippen LogP contribution in [0.1, 0.15) is 6.42 Å². The van der Waals surface area contributed by atoms with Gasteiger partial charge in [-0.25, -0.2) is 9.78 Å². The Morgan fingerprint density at radius 1 is 1.53 bits per heavy atom. The quantitative estimate of drug-likeness (QED) is 0.773. The van der Waals surface area contributed by atoms with E-state index in [0.29, 0.717) is 13.1 Å². The van der Waals surface area contributed by atoms with Gasteiger partial charge in [0.25, 0.3) is 0 Å². The number of hydrogen-bond acceptors (Lipinski definition) is 3. The predicted octanol–water partition coefficient (Wildman–Crippen LogP) is 0.0838. The third-order valence-electron chi connectivity index (χ3n) is 2.48. The molecule has 0 spiro atoms. The van der Waals surface area contributed by atoms with Gasteiger partial charge in [0.2, 0.25) is 0 Å². The molecule has 0 saturated carbocycles. The number of rotatable bonds is 3. The van der Waals surface area contributed by atoms with E-state index in [1.54, 1.807) is 22.4 Å². The second-order valence-electron chi connectivity index (χ2n) is 3.48. The molecule has 0 aliphatic carbocycles. The first-order valence-electron chi connectivity index (χ1n) is 4.96. The average molecular weight is 206 g/mol. The lowest BCUT2D eigenvalue weighted by Gasteiger charge is -1.99. The van der Waals surface area contributed by atoms with Crippen LogP contribution in [0.3, 0.4) is 0 Å². The van der Waals surface area contributed by atoms with Crippen LogP contribution in [0.25, 0.3) is 11.2 Å². The summed E-state index contributed by atoms with van der Waals surface area (Å²) in [7, 11) is 1.73. The molecule has 2 heterocycles. The highest BCUT2D eigenvalue weighted by atomic mass is 16.1. The molecule has 0 atom stereocenters. The zero-order valence-electron chi connectivity index (χ0n) is 8.68. The predicted molar refractivity (Wildman–Crippen MR) is 58.6 cm³/mol. The Morgan fingerprint density at radius 2 is 2.33 bits per heavy atom. The minimum Gasteiger partial charge on any atom is -0.330 e. The summed E-state index contributed by atoms with van der Waals surface area (Å²) in [6.07, 6.45) is 2.49. The smallest absolute Gasteiger partial charge is 0.330 e. The molecular weight excluding hydrogens is 192 g/mol. The van der Waals surface area contributed by atoms with Gasteiger partial charge in [-0.1, -0.05) is 0 Å². The fraction of sp³-hybridized carbons (Fsp3) is 0.400. The van der Waals surface area contributed by atoms with E-state index in [1.165, 1.54) is 0 Å². The zero-order valence-corrected chi connectivity index (χ0v) is 8.68. The van der Waals surface area contributed by atoms with Crippen molar-refractivity contribution in [1.82, 2.24) is 14.1 Å². The molecule has 0 aromatic carbocycles. The Labute approximate surface area is 87.1 Å². The number of aryl methyl sites for hydroxylation is 2. The van der Waals surface area contributed by atoms with Gasteiger partial charge in [0.05, 0.1) is 5.52 Å². The molecular formula is C10H14N4O. The van der Waals surface area contributed by atoms with Gasteiger partial charge in [0, 0.05) is 19.8 Å². The summed E-state index contributed by atoms with van der Waals surface area (Å²) in [6.45, 7) is 1.24. The summed E-state index contributed by atoms with van der Waals surface area (Å²) in [6, 6.07) is 3.74. The van der Waals surface area contributed by atoms with E-state index in [0.717, 1.165) is 17.6 Å². The maximum absolute atomic E-state index is 11.8. The summed E-state index contributed by atoms with van der Waals surface area (Å²) in [5.74, 6) is 0. The molecule has 0 aliphatic heterocycles. The Morgan fingerprint density at radius 3 is 3.07 bits per heavy atom. The Bertz CT molecular complexity index is 526. The second kappa shape index (κ2) is 3.86. The highest BCUT2D eigenvalue weighted by Crippen LogP contribution is 2.08. The number of hydrogen-bond donors (Lipinski definition) is 1. The summed E-state index contributed by atoms with van der Waals surface area (Å²) < 4.78 is 3.28. The van der Waals surface area contributed by atoms with Crippen LogP contribution in [0.2, 0.25) is 0 Å². The number of pyridine rings is 1. The van der Waals surface area contributed by atoms with Crippen molar-refractivity contribution in [3.8, 4) is 0 Å². The van der Waals surface area contributed by atoms with Gasteiger partial charge >= 0.3 is 5.69 Å². The van der Waals surface area contributed by atoms with E-state index in [9.17, 15) is 4.79 Å². The average Bonchev–Trinajstić information content (AvgIpc) is 2.51. The first kappa shape index (κ1) is 9.92. The van der Waals surface area contributed by atoms with Gasteiger partial charge in [-0.2, -0.15) is 0 Å². The molecule has 5 nitrogen and oxygen atoms in total. The van der Waals surface area contributed by atoms with Crippen LogP contribution in [0, 0.1) is 0 Å². The molecule has 0 unspecified atom stereocenters. The lowest BCUT2D eigenvalue weighted by Crippen LogP contribution is -2.23. The molecule has 80 valence electrons. The molecule has 2 N–H and O–H groups in total. The minimum atomic E-state index is -0.0304. The molecule has 2 aromatic rings. The molecule has 0 fully saturated rings. The van der Waals surface area contributed by atoms with Crippen molar-refractivity contribution in [1.29, 1.82) is 0 Å². The van der Waals surface area contributed by atoms with Gasteiger partial charge < -0.3 is 5.73 Å². The number of nitrogens with zero attached hydrogens (tertiary/aromatic N) is 3. The van der Waals surface area contributed by atoms with E-state index >= 15 is 0 Å². The maximum atomic E-state index is 11.8. The minimum absolute atomic E-state index is 0.0304. The maximum Gasteiger partial charge on any atom is 0.330 e. The fourth-order valence-corrected chi connectivity index (χ4v) is 1.70. The largest absolute Gasteiger partial charge is 0.330 e. The molecule has 2 aromatic heterocycles. The standard InChI is InChI=1S/C10H14N4O/c1-13-9-8(4-2-6-12-9)14(10(13)15)7-3-5-11/h2,4,6H,3,5,7,11H2,1H3. The van der Waals surface area contributed by atoms with Gasteiger partial charge in [-0.3, -0.25) is 9.13 Å². The number of fused-ring (bicyclic) bond motifs is 1. The molecule has 15 heavy (non-hydrogen) atoms. The molecule has 0 amide bonds. The highest BCUT2D eigenvalue weighted by molar-refractivity contribution is 5.71. The summed E-state index contributed by atoms with van der Waals surface area (Å²) >= 11 is 0. The normalized spacial score (nSPS) is 11.1. The summed E-state index contributed by atoms with van der Waals surface area (Å²) in [5.41, 5.74) is 7.00. The van der Waals surface area contributed by atoms with Crippen LogP contribution in [-0.2, 0) is 13.6 Å². The monoisotopic (exact) mass is 206 g/mol. The SMILES string of the molecule is Cn1c(=O)n(CCCN)c2cccnc21. The molecule has 0 saturated heterocycles. The van der Waals surface area contributed by atoms with Crippen molar-refractivity contribution in [3.05, 3.63) is 28.8 Å². The molecule has 0 radical (unpaired) electrons.